The fourth-order valence-corrected chi connectivity index (χ4v) is 6.35. The summed E-state index contributed by atoms with van der Waals surface area (Å²) in [5.74, 6) is 0.863. The highest BCUT2D eigenvalue weighted by molar-refractivity contribution is 8.00. The predicted molar refractivity (Wildman–Crippen MR) is 91.6 cm³/mol. The number of hydrogen-bond acceptors (Lipinski definition) is 5. The molecule has 2 rings (SSSR count). The van der Waals surface area contributed by atoms with Gasteiger partial charge in [-0.05, 0) is 25.1 Å². The Hall–Kier alpha value is -0.0800. The van der Waals surface area contributed by atoms with Gasteiger partial charge in [0.1, 0.15) is 4.21 Å². The largest absolute Gasteiger partial charge is 0.312 e. The summed E-state index contributed by atoms with van der Waals surface area (Å²) >= 11 is 3.24. The summed E-state index contributed by atoms with van der Waals surface area (Å²) in [6.45, 7) is 9.26. The van der Waals surface area contributed by atoms with Gasteiger partial charge < -0.3 is 5.32 Å². The third-order valence-corrected chi connectivity index (χ3v) is 8.40. The van der Waals surface area contributed by atoms with Crippen LogP contribution in [0, 0.1) is 0 Å². The molecule has 0 bridgehead atoms. The minimum atomic E-state index is -3.33. The molecule has 0 unspecified atom stereocenters. The smallest absolute Gasteiger partial charge is 0.252 e. The number of nitrogens with one attached hydrogen (secondary N) is 1. The zero-order valence-corrected chi connectivity index (χ0v) is 15.3. The first-order valence-corrected chi connectivity index (χ1v) is 10.5. The highest BCUT2D eigenvalue weighted by Crippen LogP contribution is 2.33. The summed E-state index contributed by atoms with van der Waals surface area (Å²) in [7, 11) is -3.33. The van der Waals surface area contributed by atoms with Gasteiger partial charge in [-0.2, -0.15) is 16.1 Å². The van der Waals surface area contributed by atoms with Crippen LogP contribution in [0.25, 0.3) is 0 Å². The fourth-order valence-electron chi connectivity index (χ4n) is 2.21. The molecule has 0 radical (unpaired) electrons. The summed E-state index contributed by atoms with van der Waals surface area (Å²) < 4.78 is 27.8. The molecular formula is C14H24N2O2S3. The topological polar surface area (TPSA) is 49.4 Å². The van der Waals surface area contributed by atoms with E-state index in [1.165, 1.54) is 11.3 Å². The second-order valence-corrected chi connectivity index (χ2v) is 10.9. The summed E-state index contributed by atoms with van der Waals surface area (Å²) in [4.78, 5) is 1.07. The highest BCUT2D eigenvalue weighted by Gasteiger charge is 2.31. The van der Waals surface area contributed by atoms with Crippen LogP contribution in [0.5, 0.6) is 0 Å². The molecule has 0 aliphatic carbocycles. The molecule has 1 aromatic rings. The Morgan fingerprint density at radius 3 is 2.81 bits per heavy atom. The Labute approximate surface area is 136 Å². The minimum Gasteiger partial charge on any atom is -0.312 e. The van der Waals surface area contributed by atoms with Crippen molar-refractivity contribution in [2.45, 2.75) is 42.7 Å². The van der Waals surface area contributed by atoms with Crippen molar-refractivity contribution in [3.63, 3.8) is 0 Å². The molecule has 0 saturated carbocycles. The molecule has 2 heterocycles. The van der Waals surface area contributed by atoms with Gasteiger partial charge in [0.15, 0.2) is 0 Å². The van der Waals surface area contributed by atoms with E-state index in [1.54, 1.807) is 10.4 Å². The van der Waals surface area contributed by atoms with E-state index in [0.29, 0.717) is 17.3 Å². The molecule has 0 aromatic carbocycles. The molecule has 0 spiro atoms. The maximum atomic E-state index is 12.7. The van der Waals surface area contributed by atoms with Crippen molar-refractivity contribution in [2.75, 3.05) is 25.4 Å². The van der Waals surface area contributed by atoms with E-state index < -0.39 is 10.0 Å². The maximum absolute atomic E-state index is 12.7. The van der Waals surface area contributed by atoms with Crippen molar-refractivity contribution in [1.29, 1.82) is 0 Å². The number of hydrogen-bond donors (Lipinski definition) is 1. The van der Waals surface area contributed by atoms with Crippen LogP contribution in [0.1, 0.15) is 32.1 Å². The van der Waals surface area contributed by atoms with Crippen molar-refractivity contribution in [3.05, 3.63) is 17.0 Å². The van der Waals surface area contributed by atoms with Crippen LogP contribution in [-0.4, -0.2) is 42.9 Å². The minimum absolute atomic E-state index is 0.163. The molecule has 0 amide bonds. The lowest BCUT2D eigenvalue weighted by atomic mass is 10.1. The van der Waals surface area contributed by atoms with Crippen molar-refractivity contribution >= 4 is 33.1 Å². The van der Waals surface area contributed by atoms with Gasteiger partial charge in [-0.3, -0.25) is 0 Å². The molecule has 0 atom stereocenters. The van der Waals surface area contributed by atoms with Crippen LogP contribution in [0.2, 0.25) is 0 Å². The fraction of sp³-hybridized carbons (Fsp3) is 0.714. The first kappa shape index (κ1) is 17.3. The molecule has 1 fully saturated rings. The van der Waals surface area contributed by atoms with Crippen molar-refractivity contribution in [2.24, 2.45) is 0 Å². The Balaban J connectivity index is 2.12. The van der Waals surface area contributed by atoms with Crippen LogP contribution >= 0.6 is 23.1 Å². The maximum Gasteiger partial charge on any atom is 0.252 e. The molecular weight excluding hydrogens is 324 g/mol. The van der Waals surface area contributed by atoms with E-state index in [0.717, 1.165) is 30.1 Å². The number of sulfonamides is 1. The third kappa shape index (κ3) is 4.45. The SMILES string of the molecule is CCNCc1ccc(S(=O)(=O)N2CCSC(C)(C)CC2)s1. The van der Waals surface area contributed by atoms with Crippen LogP contribution in [0.3, 0.4) is 0 Å². The van der Waals surface area contributed by atoms with Crippen molar-refractivity contribution in [1.82, 2.24) is 9.62 Å². The van der Waals surface area contributed by atoms with Gasteiger partial charge >= 0.3 is 0 Å². The van der Waals surface area contributed by atoms with Gasteiger partial charge in [0, 0.05) is 35.0 Å². The third-order valence-electron chi connectivity index (χ3n) is 3.58. The van der Waals surface area contributed by atoms with Gasteiger partial charge in [-0.15, -0.1) is 11.3 Å². The lowest BCUT2D eigenvalue weighted by molar-refractivity contribution is 0.416. The summed E-state index contributed by atoms with van der Waals surface area (Å²) in [5, 5.41) is 3.23. The molecule has 120 valence electrons. The zero-order chi connectivity index (χ0) is 15.5. The normalized spacial score (nSPS) is 20.3. The lowest BCUT2D eigenvalue weighted by Gasteiger charge is -2.22. The van der Waals surface area contributed by atoms with Crippen LogP contribution < -0.4 is 5.32 Å². The molecule has 1 N–H and O–H groups in total. The second-order valence-electron chi connectivity index (χ2n) is 5.76. The average molecular weight is 349 g/mol. The summed E-state index contributed by atoms with van der Waals surface area (Å²) in [6.07, 6.45) is 0.895. The van der Waals surface area contributed by atoms with Gasteiger partial charge in [0.05, 0.1) is 0 Å². The molecule has 1 aliphatic rings. The van der Waals surface area contributed by atoms with Crippen LogP contribution in [0.15, 0.2) is 16.3 Å². The van der Waals surface area contributed by atoms with Crippen molar-refractivity contribution in [3.8, 4) is 0 Å². The Bertz CT molecular complexity index is 567. The first-order chi connectivity index (χ1) is 9.85. The van der Waals surface area contributed by atoms with E-state index >= 15 is 0 Å². The molecule has 7 heteroatoms. The standard InChI is InChI=1S/C14H24N2O2S3/c1-4-15-11-12-5-6-13(20-12)21(17,18)16-8-7-14(2,3)19-10-9-16/h5-6,15H,4,7-11H2,1-3H3. The quantitative estimate of drug-likeness (QED) is 0.889. The summed E-state index contributed by atoms with van der Waals surface area (Å²) in [6, 6.07) is 3.66. The van der Waals surface area contributed by atoms with Gasteiger partial charge in [0.25, 0.3) is 10.0 Å². The number of nitrogens with zero attached hydrogens (tertiary/aromatic N) is 1. The van der Waals surface area contributed by atoms with E-state index in [1.807, 2.05) is 24.8 Å². The molecule has 4 nitrogen and oxygen atoms in total. The van der Waals surface area contributed by atoms with E-state index in [-0.39, 0.29) is 4.75 Å². The number of thiophene rings is 1. The predicted octanol–water partition coefficient (Wildman–Crippen LogP) is 2.76. The number of rotatable bonds is 5. The Morgan fingerprint density at radius 2 is 2.10 bits per heavy atom. The average Bonchev–Trinajstić information content (AvgIpc) is 2.81. The Kier molecular flexibility index (Phi) is 5.76. The van der Waals surface area contributed by atoms with Crippen molar-refractivity contribution < 1.29 is 8.42 Å². The van der Waals surface area contributed by atoms with E-state index in [2.05, 4.69) is 19.2 Å². The molecule has 21 heavy (non-hydrogen) atoms. The molecule has 1 aromatic heterocycles. The Morgan fingerprint density at radius 1 is 1.33 bits per heavy atom. The van der Waals surface area contributed by atoms with Gasteiger partial charge in [-0.1, -0.05) is 20.8 Å². The monoisotopic (exact) mass is 348 g/mol. The zero-order valence-electron chi connectivity index (χ0n) is 12.9. The molecule has 1 saturated heterocycles. The van der Waals surface area contributed by atoms with Crippen LogP contribution in [-0.2, 0) is 16.6 Å². The van der Waals surface area contributed by atoms with Gasteiger partial charge in [-0.25, -0.2) is 8.42 Å². The molecule has 1 aliphatic heterocycles. The second kappa shape index (κ2) is 7.00. The number of thioether (sulfide) groups is 1. The van der Waals surface area contributed by atoms with Crippen LogP contribution in [0.4, 0.5) is 0 Å². The highest BCUT2D eigenvalue weighted by atomic mass is 32.2. The van der Waals surface area contributed by atoms with Gasteiger partial charge in [0.2, 0.25) is 0 Å². The van der Waals surface area contributed by atoms with E-state index in [4.69, 9.17) is 0 Å². The summed E-state index contributed by atoms with van der Waals surface area (Å²) in [5.41, 5.74) is 0. The lowest BCUT2D eigenvalue weighted by Crippen LogP contribution is -2.33. The first-order valence-electron chi connectivity index (χ1n) is 7.29. The van der Waals surface area contributed by atoms with E-state index in [9.17, 15) is 8.42 Å².